The number of H-pyrrole nitrogens is 1. The Morgan fingerprint density at radius 3 is 2.35 bits per heavy atom. The minimum Gasteiger partial charge on any atom is -0.478 e. The smallest absolute Gasteiger partial charge is 0.337 e. The number of hydrogen-bond acceptors (Lipinski definition) is 11. The molecule has 1 saturated heterocycles. The Balaban J connectivity index is 0.887. The summed E-state index contributed by atoms with van der Waals surface area (Å²) in [5, 5.41) is 11.2. The Labute approximate surface area is 329 Å². The van der Waals surface area contributed by atoms with Crippen LogP contribution in [0.3, 0.4) is 0 Å². The van der Waals surface area contributed by atoms with Crippen LogP contribution in [0.5, 0.6) is 0 Å². The van der Waals surface area contributed by atoms with Gasteiger partial charge in [-0.2, -0.15) is 0 Å². The first-order valence-corrected chi connectivity index (χ1v) is 19.6. The van der Waals surface area contributed by atoms with Gasteiger partial charge in [-0.05, 0) is 66.8 Å². The number of carboxylic acid groups (broad SMARTS) is 1. The lowest BCUT2D eigenvalue weighted by atomic mass is 10.1. The fourth-order valence-electron chi connectivity index (χ4n) is 7.92. The molecule has 6 N–H and O–H groups in total. The first-order valence-electron chi connectivity index (χ1n) is 19.6. The number of nitrogens with one attached hydrogen (secondary N) is 1. The lowest BCUT2D eigenvalue weighted by Crippen LogP contribution is -2.41. The number of nitrogen functional groups attached to an aromatic ring is 2. The number of carbonyl (C=O) groups is 2. The molecule has 0 bridgehead atoms. The summed E-state index contributed by atoms with van der Waals surface area (Å²) < 4.78 is 13.2. The Bertz CT molecular complexity index is 2620. The number of carbonyl (C=O) groups excluding carboxylic acids is 1. The van der Waals surface area contributed by atoms with Gasteiger partial charge in [0.05, 0.1) is 47.5 Å². The molecule has 1 atom stereocenters. The average Bonchev–Trinajstić information content (AvgIpc) is 3.82. The lowest BCUT2D eigenvalue weighted by molar-refractivity contribution is -0.0357. The van der Waals surface area contributed by atoms with Gasteiger partial charge in [0.25, 0.3) is 0 Å². The van der Waals surface area contributed by atoms with Crippen molar-refractivity contribution in [1.29, 1.82) is 0 Å². The Morgan fingerprint density at radius 1 is 0.860 bits per heavy atom. The molecular weight excluding hydrogens is 723 g/mol. The number of aromatic nitrogens is 6. The number of methoxy groups -OCH3 is 1. The number of benzene rings is 3. The van der Waals surface area contributed by atoms with Crippen LogP contribution in [0.2, 0.25) is 0 Å². The number of ether oxygens (including phenoxy) is 2. The third-order valence-corrected chi connectivity index (χ3v) is 10.9. The van der Waals surface area contributed by atoms with Crippen LogP contribution in [0.15, 0.2) is 60.7 Å². The number of esters is 1. The van der Waals surface area contributed by atoms with Crippen molar-refractivity contribution in [3.8, 4) is 0 Å². The fraction of sp³-hybridized carbons (Fsp3) is 0.349. The summed E-state index contributed by atoms with van der Waals surface area (Å²) in [5.41, 5.74) is 19.8. The number of unbranched alkanes of at least 4 members (excludes halogenated alkanes) is 2. The molecule has 0 radical (unpaired) electrons. The molecule has 0 amide bonds. The molecule has 7 aromatic rings. The lowest BCUT2D eigenvalue weighted by Gasteiger charge is -2.33. The third-order valence-electron chi connectivity index (χ3n) is 10.9. The zero-order valence-corrected chi connectivity index (χ0v) is 32.3. The highest BCUT2D eigenvalue weighted by Gasteiger charge is 2.22. The predicted octanol–water partition coefficient (Wildman–Crippen LogP) is 6.66. The highest BCUT2D eigenvalue weighted by molar-refractivity contribution is 6.09. The van der Waals surface area contributed by atoms with Gasteiger partial charge in [0.15, 0.2) is 5.82 Å². The molecule has 294 valence electrons. The number of nitrogens with zero attached hydrogens (tertiary/aromatic N) is 6. The van der Waals surface area contributed by atoms with E-state index in [0.29, 0.717) is 52.4 Å². The van der Waals surface area contributed by atoms with Crippen molar-refractivity contribution in [2.75, 3.05) is 38.3 Å². The van der Waals surface area contributed by atoms with Gasteiger partial charge < -0.3 is 35.6 Å². The molecule has 1 aliphatic heterocycles. The molecule has 0 saturated carbocycles. The van der Waals surface area contributed by atoms with Crippen molar-refractivity contribution in [2.24, 2.45) is 0 Å². The monoisotopic (exact) mass is 769 g/mol. The molecular formula is C43H47N9O5. The van der Waals surface area contributed by atoms with Crippen molar-refractivity contribution >= 4 is 67.4 Å². The second kappa shape index (κ2) is 16.2. The first-order chi connectivity index (χ1) is 27.7. The van der Waals surface area contributed by atoms with Gasteiger partial charge in [0.1, 0.15) is 34.0 Å². The van der Waals surface area contributed by atoms with Crippen LogP contribution in [0.4, 0.5) is 11.6 Å². The van der Waals surface area contributed by atoms with E-state index in [9.17, 15) is 14.7 Å². The molecule has 8 rings (SSSR count). The average molecular weight is 770 g/mol. The number of hydrogen-bond donors (Lipinski definition) is 4. The zero-order valence-electron chi connectivity index (χ0n) is 32.3. The van der Waals surface area contributed by atoms with Crippen LogP contribution < -0.4 is 11.5 Å². The first kappa shape index (κ1) is 37.8. The van der Waals surface area contributed by atoms with Crippen LogP contribution in [-0.2, 0) is 35.4 Å². The molecule has 14 heteroatoms. The summed E-state index contributed by atoms with van der Waals surface area (Å²) in [5.74, 6) is 1.04. The second-order valence-corrected chi connectivity index (χ2v) is 14.9. The standard InChI is InChI=1S/C43H47N9O5/c1-3-4-9-35-50-38-39(31-17-14-27(42(53)54)20-33(31)47-41(38)45)52(35)23-26-12-10-25(11-13-26)22-51-18-19-57-29(24-51)7-5-6-8-34-48-36-30-16-15-28(43(55)56-2)21-32(30)46-40(44)37(36)49-34/h10-17,20-21,29H,3-9,18-19,22-24H2,1-2H3,(H2,44,46)(H2,45,47)(H,48,49)(H,53,54). The van der Waals surface area contributed by atoms with Crippen molar-refractivity contribution in [3.05, 3.63) is 94.6 Å². The number of aryl methyl sites for hydroxylation is 2. The van der Waals surface area contributed by atoms with Crippen molar-refractivity contribution in [2.45, 2.75) is 71.1 Å². The number of morpholine rings is 1. The van der Waals surface area contributed by atoms with Crippen molar-refractivity contribution in [1.82, 2.24) is 34.4 Å². The molecule has 1 unspecified atom stereocenters. The minimum atomic E-state index is -1.00. The maximum absolute atomic E-state index is 12.0. The number of pyridine rings is 2. The van der Waals surface area contributed by atoms with Crippen LogP contribution in [0.1, 0.15) is 82.5 Å². The van der Waals surface area contributed by atoms with Gasteiger partial charge in [0.2, 0.25) is 0 Å². The van der Waals surface area contributed by atoms with Gasteiger partial charge in [-0.25, -0.2) is 29.5 Å². The number of aromatic amines is 1. The van der Waals surface area contributed by atoms with Gasteiger partial charge in [-0.3, -0.25) is 4.90 Å². The zero-order chi connectivity index (χ0) is 39.6. The maximum Gasteiger partial charge on any atom is 0.337 e. The largest absolute Gasteiger partial charge is 0.478 e. The third kappa shape index (κ3) is 7.83. The number of imidazole rings is 2. The highest BCUT2D eigenvalue weighted by atomic mass is 16.5. The van der Waals surface area contributed by atoms with E-state index in [1.807, 2.05) is 12.1 Å². The number of rotatable bonds is 14. The van der Waals surface area contributed by atoms with Crippen molar-refractivity contribution < 1.29 is 24.2 Å². The van der Waals surface area contributed by atoms with Crippen LogP contribution in [0, 0.1) is 0 Å². The topological polar surface area (TPSA) is 200 Å². The van der Waals surface area contributed by atoms with E-state index >= 15 is 0 Å². The molecule has 3 aromatic carbocycles. The van der Waals surface area contributed by atoms with E-state index in [1.54, 1.807) is 24.3 Å². The number of aromatic carboxylic acids is 1. The molecule has 4 aromatic heterocycles. The number of fused-ring (bicyclic) bond motifs is 6. The Morgan fingerprint density at radius 2 is 1.58 bits per heavy atom. The minimum absolute atomic E-state index is 0.167. The second-order valence-electron chi connectivity index (χ2n) is 14.9. The van der Waals surface area contributed by atoms with Gasteiger partial charge in [-0.15, -0.1) is 0 Å². The van der Waals surface area contributed by atoms with E-state index in [1.165, 1.54) is 12.7 Å². The van der Waals surface area contributed by atoms with Gasteiger partial charge in [-0.1, -0.05) is 44.0 Å². The van der Waals surface area contributed by atoms with Crippen molar-refractivity contribution in [3.63, 3.8) is 0 Å². The quantitative estimate of drug-likeness (QED) is 0.0678. The molecule has 0 spiro atoms. The number of nitrogens with two attached hydrogens (primary N) is 2. The molecule has 0 aliphatic carbocycles. The summed E-state index contributed by atoms with van der Waals surface area (Å²) in [4.78, 5) is 48.4. The predicted molar refractivity (Wildman–Crippen MR) is 220 cm³/mol. The highest BCUT2D eigenvalue weighted by Crippen LogP contribution is 2.32. The SMILES string of the molecule is CCCCc1nc2c(N)nc3cc(C(=O)O)ccc3c2n1Cc1ccc(CN2CCOC(CCCCc3nc4c([nH]3)c(N)nc3cc(C(=O)OC)ccc34)C2)cc1. The Hall–Kier alpha value is -6.12. The van der Waals surface area contributed by atoms with Crippen LogP contribution >= 0.6 is 0 Å². The summed E-state index contributed by atoms with van der Waals surface area (Å²) in [6.45, 7) is 6.09. The summed E-state index contributed by atoms with van der Waals surface area (Å²) >= 11 is 0. The number of carboxylic acids is 1. The fourth-order valence-corrected chi connectivity index (χ4v) is 7.92. The maximum atomic E-state index is 12.0. The number of anilines is 2. The molecule has 5 heterocycles. The molecule has 57 heavy (non-hydrogen) atoms. The van der Waals surface area contributed by atoms with E-state index in [-0.39, 0.29) is 11.7 Å². The summed E-state index contributed by atoms with van der Waals surface area (Å²) in [6.07, 6.45) is 6.70. The summed E-state index contributed by atoms with van der Waals surface area (Å²) in [6, 6.07) is 19.0. The summed E-state index contributed by atoms with van der Waals surface area (Å²) in [7, 11) is 1.35. The van der Waals surface area contributed by atoms with Crippen LogP contribution in [0.25, 0.3) is 43.9 Å². The molecule has 1 fully saturated rings. The Kier molecular flexibility index (Phi) is 10.7. The van der Waals surface area contributed by atoms with Crippen LogP contribution in [-0.4, -0.2) is 84.3 Å². The molecule has 14 nitrogen and oxygen atoms in total. The van der Waals surface area contributed by atoms with Gasteiger partial charge >= 0.3 is 11.9 Å². The normalized spacial score (nSPS) is 14.9. The van der Waals surface area contributed by atoms with Gasteiger partial charge in [0, 0.05) is 49.8 Å². The molecule has 1 aliphatic rings. The van der Waals surface area contributed by atoms with E-state index in [0.717, 1.165) is 104 Å². The van der Waals surface area contributed by atoms with E-state index in [4.69, 9.17) is 30.9 Å². The van der Waals surface area contributed by atoms with E-state index < -0.39 is 11.9 Å². The van der Waals surface area contributed by atoms with E-state index in [2.05, 4.69) is 55.6 Å².